The number of H-pyrrole nitrogens is 1. The third-order valence-electron chi connectivity index (χ3n) is 5.23. The van der Waals surface area contributed by atoms with E-state index in [0.29, 0.717) is 29.5 Å². The highest BCUT2D eigenvalue weighted by molar-refractivity contribution is 6.09. The van der Waals surface area contributed by atoms with Crippen molar-refractivity contribution in [3.05, 3.63) is 58.0 Å². The first-order chi connectivity index (χ1) is 15.2. The molecule has 0 unspecified atom stereocenters. The number of anilines is 2. The van der Waals surface area contributed by atoms with Crippen LogP contribution in [0.1, 0.15) is 64.0 Å². The van der Waals surface area contributed by atoms with Crippen LogP contribution >= 0.6 is 0 Å². The lowest BCUT2D eigenvalue weighted by Gasteiger charge is -2.25. The van der Waals surface area contributed by atoms with Crippen LogP contribution in [0.15, 0.2) is 41.3 Å². The van der Waals surface area contributed by atoms with Crippen molar-refractivity contribution in [1.29, 1.82) is 5.41 Å². The van der Waals surface area contributed by atoms with Crippen molar-refractivity contribution in [3.8, 4) is 0 Å². The number of hydrogen-bond acceptors (Lipinski definition) is 5. The summed E-state index contributed by atoms with van der Waals surface area (Å²) < 4.78 is 5.23. The van der Waals surface area contributed by atoms with Gasteiger partial charge in [0, 0.05) is 24.5 Å². The molecule has 0 spiro atoms. The zero-order chi connectivity index (χ0) is 23.1. The number of rotatable bonds is 6. The average Bonchev–Trinajstić information content (AvgIpc) is 2.73. The standard InChI is InChI=1S/C24H33N5O3/c1-24(2,3)32-23(31)27-15-16-9-11-18(12-10-16)29-21(25)20-19(13-14-26-22(20)30)28-17-7-5-4-6-8-17/h9-14,17H,4-8,15H2,1-3H3,(H2,25,29)(H,27,31)(H2,26,28,30). The molecule has 0 radical (unpaired) electrons. The maximum absolute atomic E-state index is 12.5. The van der Waals surface area contributed by atoms with Crippen molar-refractivity contribution >= 4 is 23.3 Å². The molecule has 1 saturated carbocycles. The van der Waals surface area contributed by atoms with E-state index < -0.39 is 11.7 Å². The lowest BCUT2D eigenvalue weighted by molar-refractivity contribution is 0.0523. The van der Waals surface area contributed by atoms with E-state index in [9.17, 15) is 9.59 Å². The summed E-state index contributed by atoms with van der Waals surface area (Å²) in [5.74, 6) is 0.0322. The number of carbonyl (C=O) groups excluding carboxylic acids is 1. The molecule has 1 aromatic heterocycles. The second kappa shape index (κ2) is 10.3. The largest absolute Gasteiger partial charge is 0.444 e. The Balaban J connectivity index is 1.62. The van der Waals surface area contributed by atoms with E-state index in [1.54, 1.807) is 6.20 Å². The Hall–Kier alpha value is -3.29. The van der Waals surface area contributed by atoms with Crippen LogP contribution < -0.4 is 21.5 Å². The molecule has 0 aliphatic heterocycles. The quantitative estimate of drug-likeness (QED) is 0.333. The van der Waals surface area contributed by atoms with Crippen LogP contribution in [0.4, 0.5) is 16.2 Å². The van der Waals surface area contributed by atoms with E-state index in [4.69, 9.17) is 10.1 Å². The Kier molecular flexibility index (Phi) is 7.56. The molecule has 32 heavy (non-hydrogen) atoms. The predicted octanol–water partition coefficient (Wildman–Crippen LogP) is 4.58. The first kappa shape index (κ1) is 23.4. The van der Waals surface area contributed by atoms with Crippen LogP contribution in [0.2, 0.25) is 0 Å². The van der Waals surface area contributed by atoms with Crippen molar-refractivity contribution in [2.45, 2.75) is 71.1 Å². The van der Waals surface area contributed by atoms with Crippen molar-refractivity contribution in [1.82, 2.24) is 10.3 Å². The number of amidine groups is 1. The van der Waals surface area contributed by atoms with Gasteiger partial charge in [0.05, 0.1) is 5.69 Å². The second-order valence-corrected chi connectivity index (χ2v) is 9.13. The molecule has 1 aromatic carbocycles. The number of ether oxygens (including phenoxy) is 1. The van der Waals surface area contributed by atoms with Gasteiger partial charge >= 0.3 is 6.09 Å². The van der Waals surface area contributed by atoms with Crippen LogP contribution in [-0.2, 0) is 11.3 Å². The SMILES string of the molecule is CC(C)(C)OC(=O)NCc1ccc(NC(=N)c2c(NC3CCCCC3)cc[nH]c2=O)cc1. The molecule has 0 saturated heterocycles. The van der Waals surface area contributed by atoms with E-state index in [0.717, 1.165) is 18.4 Å². The molecule has 8 nitrogen and oxygen atoms in total. The summed E-state index contributed by atoms with van der Waals surface area (Å²) in [6.45, 7) is 5.78. The molecular weight excluding hydrogens is 406 g/mol. The lowest BCUT2D eigenvalue weighted by atomic mass is 9.95. The predicted molar refractivity (Wildman–Crippen MR) is 128 cm³/mol. The lowest BCUT2D eigenvalue weighted by Crippen LogP contribution is -2.32. The molecule has 8 heteroatoms. The number of pyridine rings is 1. The van der Waals surface area contributed by atoms with Gasteiger partial charge in [-0.1, -0.05) is 31.4 Å². The normalized spacial score (nSPS) is 14.5. The summed E-state index contributed by atoms with van der Waals surface area (Å²) in [5, 5.41) is 17.7. The first-order valence-corrected chi connectivity index (χ1v) is 11.1. The minimum absolute atomic E-state index is 0.0322. The topological polar surface area (TPSA) is 119 Å². The van der Waals surface area contributed by atoms with Gasteiger partial charge < -0.3 is 25.7 Å². The van der Waals surface area contributed by atoms with Gasteiger partial charge in [-0.2, -0.15) is 0 Å². The van der Waals surface area contributed by atoms with Crippen LogP contribution in [0.5, 0.6) is 0 Å². The van der Waals surface area contributed by atoms with Crippen molar-refractivity contribution in [2.75, 3.05) is 10.6 Å². The smallest absolute Gasteiger partial charge is 0.407 e. The summed E-state index contributed by atoms with van der Waals surface area (Å²) in [4.78, 5) is 27.0. The minimum atomic E-state index is -0.543. The number of benzene rings is 1. The fourth-order valence-corrected chi connectivity index (χ4v) is 3.71. The molecule has 1 fully saturated rings. The van der Waals surface area contributed by atoms with Gasteiger partial charge in [0.2, 0.25) is 0 Å². The van der Waals surface area contributed by atoms with E-state index in [2.05, 4.69) is 20.9 Å². The zero-order valence-electron chi connectivity index (χ0n) is 19.0. The number of nitrogens with one attached hydrogen (secondary N) is 5. The molecule has 0 bridgehead atoms. The number of carbonyl (C=O) groups is 1. The molecule has 1 aliphatic carbocycles. The second-order valence-electron chi connectivity index (χ2n) is 9.13. The third kappa shape index (κ3) is 6.87. The molecule has 172 valence electrons. The molecule has 3 rings (SSSR count). The summed E-state index contributed by atoms with van der Waals surface area (Å²) >= 11 is 0. The number of amides is 1. The molecule has 1 heterocycles. The molecule has 1 aliphatic rings. The summed E-state index contributed by atoms with van der Waals surface area (Å²) in [6, 6.07) is 9.46. The van der Waals surface area contributed by atoms with Gasteiger partial charge in [-0.25, -0.2) is 4.79 Å². The number of aromatic amines is 1. The van der Waals surface area contributed by atoms with E-state index in [1.165, 1.54) is 19.3 Å². The van der Waals surface area contributed by atoms with Crippen molar-refractivity contribution in [2.24, 2.45) is 0 Å². The van der Waals surface area contributed by atoms with E-state index in [1.807, 2.05) is 51.1 Å². The van der Waals surface area contributed by atoms with E-state index in [-0.39, 0.29) is 11.4 Å². The maximum Gasteiger partial charge on any atom is 0.407 e. The Labute approximate surface area is 188 Å². The van der Waals surface area contributed by atoms with Gasteiger partial charge in [0.15, 0.2) is 0 Å². The Morgan fingerprint density at radius 2 is 1.81 bits per heavy atom. The molecule has 0 atom stereocenters. The fourth-order valence-electron chi connectivity index (χ4n) is 3.71. The summed E-state index contributed by atoms with van der Waals surface area (Å²) in [6.07, 6.45) is 6.90. The number of alkyl carbamates (subject to hydrolysis) is 1. The summed E-state index contributed by atoms with van der Waals surface area (Å²) in [5.41, 5.74) is 1.71. The van der Waals surface area contributed by atoms with Crippen molar-refractivity contribution < 1.29 is 9.53 Å². The van der Waals surface area contributed by atoms with Crippen LogP contribution in [-0.4, -0.2) is 28.6 Å². The highest BCUT2D eigenvalue weighted by Crippen LogP contribution is 2.23. The highest BCUT2D eigenvalue weighted by atomic mass is 16.6. The molecule has 5 N–H and O–H groups in total. The zero-order valence-corrected chi connectivity index (χ0v) is 19.0. The van der Waals surface area contributed by atoms with Gasteiger partial charge in [-0.15, -0.1) is 0 Å². The van der Waals surface area contributed by atoms with Crippen LogP contribution in [0.25, 0.3) is 0 Å². The van der Waals surface area contributed by atoms with Gasteiger partial charge in [0.25, 0.3) is 5.56 Å². The summed E-state index contributed by atoms with van der Waals surface area (Å²) in [7, 11) is 0. The minimum Gasteiger partial charge on any atom is -0.444 e. The number of hydrogen-bond donors (Lipinski definition) is 5. The Bertz CT molecular complexity index is 986. The monoisotopic (exact) mass is 439 g/mol. The molecular formula is C24H33N5O3. The van der Waals surface area contributed by atoms with Crippen LogP contribution in [0.3, 0.4) is 0 Å². The average molecular weight is 440 g/mol. The maximum atomic E-state index is 12.5. The third-order valence-corrected chi connectivity index (χ3v) is 5.23. The Morgan fingerprint density at radius 3 is 2.47 bits per heavy atom. The number of aromatic nitrogens is 1. The van der Waals surface area contributed by atoms with Crippen molar-refractivity contribution in [3.63, 3.8) is 0 Å². The highest BCUT2D eigenvalue weighted by Gasteiger charge is 2.18. The Morgan fingerprint density at radius 1 is 1.12 bits per heavy atom. The fraction of sp³-hybridized carbons (Fsp3) is 0.458. The molecule has 1 amide bonds. The van der Waals surface area contributed by atoms with E-state index >= 15 is 0 Å². The van der Waals surface area contributed by atoms with Gasteiger partial charge in [-0.3, -0.25) is 10.2 Å². The van der Waals surface area contributed by atoms with Gasteiger partial charge in [0.1, 0.15) is 17.0 Å². The van der Waals surface area contributed by atoms with Crippen LogP contribution in [0, 0.1) is 5.41 Å². The van der Waals surface area contributed by atoms with Gasteiger partial charge in [-0.05, 0) is 57.4 Å². The molecule has 2 aromatic rings. The first-order valence-electron chi connectivity index (χ1n) is 11.1.